The number of hydrogen-bond acceptors (Lipinski definition) is 5. The average molecular weight is 487 g/mol. The van der Waals surface area contributed by atoms with Crippen LogP contribution in [0, 0.1) is 5.41 Å². The fourth-order valence-corrected chi connectivity index (χ4v) is 3.97. The van der Waals surface area contributed by atoms with Crippen LogP contribution in [0.4, 0.5) is 10.1 Å². The van der Waals surface area contributed by atoms with Crippen LogP contribution >= 0.6 is 11.6 Å². The van der Waals surface area contributed by atoms with Crippen molar-refractivity contribution in [3.63, 3.8) is 0 Å². The Morgan fingerprint density at radius 2 is 1.79 bits per heavy atom. The van der Waals surface area contributed by atoms with Crippen molar-refractivity contribution in [2.45, 2.75) is 11.8 Å². The van der Waals surface area contributed by atoms with E-state index in [1.54, 1.807) is 54.6 Å². The van der Waals surface area contributed by atoms with Crippen molar-refractivity contribution in [3.05, 3.63) is 88.7 Å². The summed E-state index contributed by atoms with van der Waals surface area (Å²) >= 11 is 4.45. The van der Waals surface area contributed by atoms with Crippen LogP contribution in [-0.2, 0) is 20.2 Å². The highest BCUT2D eigenvalue weighted by molar-refractivity contribution is 7.80. The number of hydrogen-bond donors (Lipinski definition) is 4. The van der Waals surface area contributed by atoms with Crippen LogP contribution in [0.15, 0.2) is 77.5 Å². The number of allylic oxidation sites excluding steroid dienone is 1. The third-order valence-electron chi connectivity index (χ3n) is 4.82. The molecule has 33 heavy (non-hydrogen) atoms. The van der Waals surface area contributed by atoms with Gasteiger partial charge in [0.05, 0.1) is 15.6 Å². The zero-order valence-electron chi connectivity index (χ0n) is 17.4. The van der Waals surface area contributed by atoms with E-state index in [1.807, 2.05) is 0 Å². The number of nitrogen functional groups attached to an aromatic ring is 1. The third kappa shape index (κ3) is 5.52. The molecule has 0 aliphatic rings. The van der Waals surface area contributed by atoms with Gasteiger partial charge in [0.25, 0.3) is 5.91 Å². The Hall–Kier alpha value is -3.37. The number of amidine groups is 1. The number of carbonyl (C=O) groups is 1. The standard InChI is InChI=1S/C23H20ClFN4O3S/c1-13(14-5-4-6-16(11-14)22(26)27)21(25)23(30)29-19-10-9-15(12-18(19)24)17-7-2-3-8-20(17)33(31)32-28/h2-12H,28H2,1H3,(H3,26,27)(H,29,30)/b21-13+. The zero-order chi connectivity index (χ0) is 24.1. The van der Waals surface area contributed by atoms with Crippen LogP contribution in [-0.4, -0.2) is 16.0 Å². The van der Waals surface area contributed by atoms with Gasteiger partial charge in [-0.3, -0.25) is 10.2 Å². The molecule has 0 saturated heterocycles. The van der Waals surface area contributed by atoms with Crippen LogP contribution in [0.25, 0.3) is 16.7 Å². The van der Waals surface area contributed by atoms with E-state index in [1.165, 1.54) is 19.1 Å². The summed E-state index contributed by atoms with van der Waals surface area (Å²) in [4.78, 5) is 12.8. The third-order valence-corrected chi connectivity index (χ3v) is 6.02. The number of rotatable bonds is 7. The maximum Gasteiger partial charge on any atom is 0.284 e. The van der Waals surface area contributed by atoms with E-state index in [2.05, 4.69) is 9.60 Å². The molecule has 1 unspecified atom stereocenters. The second-order valence-corrected chi connectivity index (χ2v) is 8.42. The molecular weight excluding hydrogens is 467 g/mol. The minimum Gasteiger partial charge on any atom is -0.384 e. The van der Waals surface area contributed by atoms with Gasteiger partial charge in [0, 0.05) is 11.1 Å². The Morgan fingerprint density at radius 1 is 1.09 bits per heavy atom. The Kier molecular flexibility index (Phi) is 7.72. The van der Waals surface area contributed by atoms with Crippen LogP contribution in [0.3, 0.4) is 0 Å². The smallest absolute Gasteiger partial charge is 0.284 e. The van der Waals surface area contributed by atoms with Gasteiger partial charge in [0.1, 0.15) is 5.84 Å². The molecule has 0 bridgehead atoms. The molecule has 0 aliphatic carbocycles. The maximum absolute atomic E-state index is 14.8. The van der Waals surface area contributed by atoms with E-state index in [9.17, 15) is 13.4 Å². The van der Waals surface area contributed by atoms with Gasteiger partial charge in [-0.1, -0.05) is 54.1 Å². The van der Waals surface area contributed by atoms with Crippen molar-refractivity contribution in [2.24, 2.45) is 11.6 Å². The highest BCUT2D eigenvalue weighted by atomic mass is 35.5. The van der Waals surface area contributed by atoms with Crippen molar-refractivity contribution in [1.82, 2.24) is 0 Å². The van der Waals surface area contributed by atoms with E-state index in [0.717, 1.165) is 0 Å². The molecule has 1 amide bonds. The Bertz CT molecular complexity index is 1300. The van der Waals surface area contributed by atoms with Crippen molar-refractivity contribution in [2.75, 3.05) is 5.32 Å². The molecule has 170 valence electrons. The maximum atomic E-state index is 14.8. The molecule has 3 aromatic carbocycles. The first-order valence-electron chi connectivity index (χ1n) is 9.53. The molecule has 0 spiro atoms. The first-order valence-corrected chi connectivity index (χ1v) is 11.0. The predicted molar refractivity (Wildman–Crippen MR) is 128 cm³/mol. The minimum atomic E-state index is -1.87. The second kappa shape index (κ2) is 10.5. The number of benzene rings is 3. The molecule has 0 radical (unpaired) electrons. The van der Waals surface area contributed by atoms with E-state index < -0.39 is 22.8 Å². The lowest BCUT2D eigenvalue weighted by Gasteiger charge is -2.12. The summed E-state index contributed by atoms with van der Waals surface area (Å²) < 4.78 is 31.3. The summed E-state index contributed by atoms with van der Waals surface area (Å²) in [5, 5.41) is 10.1. The zero-order valence-corrected chi connectivity index (χ0v) is 19.0. The van der Waals surface area contributed by atoms with Crippen LogP contribution in [0.2, 0.25) is 5.02 Å². The summed E-state index contributed by atoms with van der Waals surface area (Å²) in [6, 6.07) is 17.8. The largest absolute Gasteiger partial charge is 0.384 e. The SMILES string of the molecule is C/C(=C(\F)C(=O)Nc1ccc(-c2ccccc2S(=O)ON)cc1Cl)c1cccc(C(=N)N)c1. The van der Waals surface area contributed by atoms with Gasteiger partial charge in [-0.15, -0.1) is 0 Å². The molecule has 3 rings (SSSR count). The van der Waals surface area contributed by atoms with E-state index >= 15 is 0 Å². The minimum absolute atomic E-state index is 0.0848. The molecule has 0 saturated carbocycles. The summed E-state index contributed by atoms with van der Waals surface area (Å²) in [5.74, 6) is 2.90. The highest BCUT2D eigenvalue weighted by Gasteiger charge is 2.17. The average Bonchev–Trinajstić information content (AvgIpc) is 2.83. The summed E-state index contributed by atoms with van der Waals surface area (Å²) in [7, 11) is 0. The molecule has 3 aromatic rings. The summed E-state index contributed by atoms with van der Waals surface area (Å²) in [6.07, 6.45) is 0. The van der Waals surface area contributed by atoms with E-state index in [0.29, 0.717) is 27.1 Å². The summed E-state index contributed by atoms with van der Waals surface area (Å²) in [5.41, 5.74) is 7.77. The van der Waals surface area contributed by atoms with Crippen molar-refractivity contribution in [1.29, 1.82) is 5.41 Å². The Labute approximate surface area is 197 Å². The number of nitrogens with one attached hydrogen (secondary N) is 2. The molecule has 1 atom stereocenters. The molecule has 0 heterocycles. The highest BCUT2D eigenvalue weighted by Crippen LogP contribution is 2.32. The number of amides is 1. The normalized spacial score (nSPS) is 12.6. The van der Waals surface area contributed by atoms with Crippen LogP contribution < -0.4 is 16.9 Å². The van der Waals surface area contributed by atoms with Gasteiger partial charge < -0.3 is 11.1 Å². The Morgan fingerprint density at radius 3 is 2.45 bits per heavy atom. The molecule has 0 aliphatic heterocycles. The number of nitrogens with two attached hydrogens (primary N) is 2. The lowest BCUT2D eigenvalue weighted by atomic mass is 10.0. The van der Waals surface area contributed by atoms with Gasteiger partial charge in [-0.2, -0.15) is 10.2 Å². The Balaban J connectivity index is 1.87. The number of anilines is 1. The van der Waals surface area contributed by atoms with Crippen molar-refractivity contribution in [3.8, 4) is 11.1 Å². The van der Waals surface area contributed by atoms with E-state index in [-0.39, 0.29) is 22.1 Å². The number of carbonyl (C=O) groups excluding carboxylic acids is 1. The van der Waals surface area contributed by atoms with Gasteiger partial charge in [0.2, 0.25) is 11.1 Å². The van der Waals surface area contributed by atoms with Crippen LogP contribution in [0.5, 0.6) is 0 Å². The molecule has 7 nitrogen and oxygen atoms in total. The fourth-order valence-electron chi connectivity index (χ4n) is 3.08. The molecule has 6 N–H and O–H groups in total. The van der Waals surface area contributed by atoms with E-state index in [4.69, 9.17) is 28.6 Å². The molecular formula is C23H20ClFN4O3S. The summed E-state index contributed by atoms with van der Waals surface area (Å²) in [6.45, 7) is 1.45. The lowest BCUT2D eigenvalue weighted by molar-refractivity contribution is -0.114. The monoisotopic (exact) mass is 486 g/mol. The first-order chi connectivity index (χ1) is 15.7. The van der Waals surface area contributed by atoms with Gasteiger partial charge >= 0.3 is 0 Å². The molecule has 0 aromatic heterocycles. The predicted octanol–water partition coefficient (Wildman–Crippen LogP) is 4.54. The molecule has 0 fully saturated rings. The van der Waals surface area contributed by atoms with Crippen molar-refractivity contribution >= 4 is 45.7 Å². The fraction of sp³-hybridized carbons (Fsp3) is 0.0435. The first kappa shape index (κ1) is 24.3. The van der Waals surface area contributed by atoms with Gasteiger partial charge in [-0.25, -0.2) is 8.60 Å². The lowest BCUT2D eigenvalue weighted by Crippen LogP contribution is -2.14. The van der Waals surface area contributed by atoms with Gasteiger partial charge in [0.15, 0.2) is 5.83 Å². The second-order valence-electron chi connectivity index (χ2n) is 6.91. The quantitative estimate of drug-likeness (QED) is 0.168. The van der Waals surface area contributed by atoms with Crippen molar-refractivity contribution < 1.29 is 17.7 Å². The van der Waals surface area contributed by atoms with Gasteiger partial charge in [-0.05, 0) is 47.9 Å². The van der Waals surface area contributed by atoms with Crippen LogP contribution in [0.1, 0.15) is 18.1 Å². The number of halogens is 2. The molecule has 10 heteroatoms. The topological polar surface area (TPSA) is 131 Å².